The average molecular weight is 429 g/mol. The SMILES string of the molecule is COCCCN1C(C(=O)Nc2cccc(NC(C)=O)c2)=CC2C(=O)N(C)C(=O)N(C)C21. The number of ether oxygens (including phenoxy) is 1. The highest BCUT2D eigenvalue weighted by molar-refractivity contribution is 6.06. The fourth-order valence-electron chi connectivity index (χ4n) is 3.92. The molecule has 0 aliphatic carbocycles. The maximum atomic E-state index is 13.1. The molecule has 0 radical (unpaired) electrons. The molecule has 10 heteroatoms. The van der Waals surface area contributed by atoms with Crippen molar-refractivity contribution in [3.05, 3.63) is 36.0 Å². The second-order valence-electron chi connectivity index (χ2n) is 7.54. The van der Waals surface area contributed by atoms with Crippen molar-refractivity contribution < 1.29 is 23.9 Å². The fraction of sp³-hybridized carbons (Fsp3) is 0.429. The molecule has 1 aromatic carbocycles. The molecule has 0 saturated carbocycles. The largest absolute Gasteiger partial charge is 0.385 e. The minimum Gasteiger partial charge on any atom is -0.385 e. The van der Waals surface area contributed by atoms with Crippen LogP contribution in [-0.2, 0) is 19.1 Å². The van der Waals surface area contributed by atoms with Gasteiger partial charge in [0.05, 0.1) is 5.92 Å². The van der Waals surface area contributed by atoms with Gasteiger partial charge in [-0.15, -0.1) is 0 Å². The van der Waals surface area contributed by atoms with Crippen LogP contribution in [0.4, 0.5) is 16.2 Å². The van der Waals surface area contributed by atoms with E-state index in [1.165, 1.54) is 18.9 Å². The second kappa shape index (κ2) is 9.17. The Morgan fingerprint density at radius 1 is 1.13 bits per heavy atom. The molecular weight excluding hydrogens is 402 g/mol. The molecule has 2 atom stereocenters. The van der Waals surface area contributed by atoms with Crippen molar-refractivity contribution in [2.24, 2.45) is 5.92 Å². The third kappa shape index (κ3) is 4.53. The van der Waals surface area contributed by atoms with Crippen LogP contribution in [0, 0.1) is 5.92 Å². The summed E-state index contributed by atoms with van der Waals surface area (Å²) < 4.78 is 5.12. The predicted octanol–water partition coefficient (Wildman–Crippen LogP) is 1.29. The van der Waals surface area contributed by atoms with Gasteiger partial charge in [-0.25, -0.2) is 4.79 Å². The van der Waals surface area contributed by atoms with Crippen molar-refractivity contribution in [3.63, 3.8) is 0 Å². The third-order valence-electron chi connectivity index (χ3n) is 5.31. The molecule has 1 fully saturated rings. The van der Waals surface area contributed by atoms with Gasteiger partial charge in [-0.1, -0.05) is 6.07 Å². The number of urea groups is 1. The first kappa shape index (κ1) is 22.3. The third-order valence-corrected chi connectivity index (χ3v) is 5.31. The number of nitrogens with zero attached hydrogens (tertiary/aromatic N) is 3. The van der Waals surface area contributed by atoms with Gasteiger partial charge in [-0.2, -0.15) is 0 Å². The van der Waals surface area contributed by atoms with E-state index < -0.39 is 24.0 Å². The average Bonchev–Trinajstić information content (AvgIpc) is 3.10. The Kier molecular flexibility index (Phi) is 6.59. The summed E-state index contributed by atoms with van der Waals surface area (Å²) in [6.45, 7) is 2.32. The molecule has 0 spiro atoms. The quantitative estimate of drug-likeness (QED) is 0.632. The molecule has 2 aliphatic heterocycles. The number of imide groups is 1. The zero-order chi connectivity index (χ0) is 22.7. The predicted molar refractivity (Wildman–Crippen MR) is 114 cm³/mol. The van der Waals surface area contributed by atoms with Crippen molar-refractivity contribution in [1.29, 1.82) is 0 Å². The normalized spacial score (nSPS) is 20.5. The lowest BCUT2D eigenvalue weighted by Crippen LogP contribution is -2.62. The number of fused-ring (bicyclic) bond motifs is 1. The highest BCUT2D eigenvalue weighted by Gasteiger charge is 2.50. The zero-order valence-electron chi connectivity index (χ0n) is 18.0. The molecule has 10 nitrogen and oxygen atoms in total. The van der Waals surface area contributed by atoms with E-state index in [2.05, 4.69) is 10.6 Å². The van der Waals surface area contributed by atoms with Crippen LogP contribution in [-0.4, -0.2) is 79.0 Å². The lowest BCUT2D eigenvalue weighted by atomic mass is 10.0. The summed E-state index contributed by atoms with van der Waals surface area (Å²) in [5.41, 5.74) is 1.37. The van der Waals surface area contributed by atoms with Gasteiger partial charge in [-0.3, -0.25) is 19.3 Å². The molecule has 5 amide bonds. The number of carbonyl (C=O) groups excluding carboxylic acids is 4. The maximum absolute atomic E-state index is 13.1. The Balaban J connectivity index is 1.86. The number of methoxy groups -OCH3 is 1. The minimum atomic E-state index is -0.637. The van der Waals surface area contributed by atoms with Crippen molar-refractivity contribution in [3.8, 4) is 0 Å². The molecular formula is C21H27N5O5. The van der Waals surface area contributed by atoms with Crippen molar-refractivity contribution in [2.75, 3.05) is 45.0 Å². The Bertz CT molecular complexity index is 930. The Hall–Kier alpha value is -3.40. The molecule has 166 valence electrons. The van der Waals surface area contributed by atoms with Gasteiger partial charge in [0, 0.05) is 52.7 Å². The number of benzene rings is 1. The van der Waals surface area contributed by atoms with Gasteiger partial charge >= 0.3 is 6.03 Å². The van der Waals surface area contributed by atoms with Crippen molar-refractivity contribution >= 4 is 35.1 Å². The smallest absolute Gasteiger partial charge is 0.327 e. The highest BCUT2D eigenvalue weighted by atomic mass is 16.5. The monoisotopic (exact) mass is 429 g/mol. The Labute approximate surface area is 180 Å². The van der Waals surface area contributed by atoms with Gasteiger partial charge in [0.15, 0.2) is 0 Å². The summed E-state index contributed by atoms with van der Waals surface area (Å²) in [4.78, 5) is 54.0. The molecule has 3 rings (SSSR count). The van der Waals surface area contributed by atoms with Gasteiger partial charge in [0.1, 0.15) is 11.9 Å². The molecule has 0 bridgehead atoms. The first-order chi connectivity index (χ1) is 14.7. The number of nitrogens with one attached hydrogen (secondary N) is 2. The second-order valence-corrected chi connectivity index (χ2v) is 7.54. The van der Waals surface area contributed by atoms with E-state index in [1.807, 2.05) is 0 Å². The summed E-state index contributed by atoms with van der Waals surface area (Å²) in [5, 5.41) is 5.49. The molecule has 2 heterocycles. The Morgan fingerprint density at radius 2 is 1.81 bits per heavy atom. The van der Waals surface area contributed by atoms with Crippen LogP contribution in [0.1, 0.15) is 13.3 Å². The van der Waals surface area contributed by atoms with E-state index in [0.29, 0.717) is 36.6 Å². The Morgan fingerprint density at radius 3 is 2.45 bits per heavy atom. The lowest BCUT2D eigenvalue weighted by Gasteiger charge is -2.43. The van der Waals surface area contributed by atoms with Crippen LogP contribution in [0.2, 0.25) is 0 Å². The fourth-order valence-corrected chi connectivity index (χ4v) is 3.92. The van der Waals surface area contributed by atoms with Gasteiger partial charge in [0.25, 0.3) is 5.91 Å². The van der Waals surface area contributed by atoms with Gasteiger partial charge in [-0.05, 0) is 30.7 Å². The summed E-state index contributed by atoms with van der Waals surface area (Å²) in [6, 6.07) is 6.36. The molecule has 2 aliphatic rings. The van der Waals surface area contributed by atoms with Crippen molar-refractivity contribution in [2.45, 2.75) is 19.5 Å². The molecule has 1 saturated heterocycles. The summed E-state index contributed by atoms with van der Waals surface area (Å²) in [5.74, 6) is -1.60. The van der Waals surface area contributed by atoms with Crippen LogP contribution in [0.5, 0.6) is 0 Å². The molecule has 2 unspecified atom stereocenters. The van der Waals surface area contributed by atoms with Crippen LogP contribution in [0.3, 0.4) is 0 Å². The van der Waals surface area contributed by atoms with E-state index in [-0.39, 0.29) is 11.8 Å². The highest BCUT2D eigenvalue weighted by Crippen LogP contribution is 2.35. The van der Waals surface area contributed by atoms with E-state index in [1.54, 1.807) is 49.4 Å². The number of anilines is 2. The van der Waals surface area contributed by atoms with E-state index in [4.69, 9.17) is 4.74 Å². The van der Waals surface area contributed by atoms with Gasteiger partial charge < -0.3 is 25.2 Å². The lowest BCUT2D eigenvalue weighted by molar-refractivity contribution is -0.137. The topological polar surface area (TPSA) is 111 Å². The van der Waals surface area contributed by atoms with Crippen molar-refractivity contribution in [1.82, 2.24) is 14.7 Å². The zero-order valence-corrected chi connectivity index (χ0v) is 18.0. The number of carbonyl (C=O) groups is 4. The first-order valence-electron chi connectivity index (χ1n) is 9.95. The van der Waals surface area contributed by atoms with E-state index in [9.17, 15) is 19.2 Å². The number of amides is 5. The summed E-state index contributed by atoms with van der Waals surface area (Å²) in [7, 11) is 4.65. The summed E-state index contributed by atoms with van der Waals surface area (Å²) in [6.07, 6.45) is 1.67. The molecule has 2 N–H and O–H groups in total. The number of hydrogen-bond acceptors (Lipinski definition) is 6. The maximum Gasteiger partial charge on any atom is 0.327 e. The van der Waals surface area contributed by atoms with Crippen LogP contribution in [0.25, 0.3) is 0 Å². The molecule has 0 aromatic heterocycles. The van der Waals surface area contributed by atoms with E-state index >= 15 is 0 Å². The van der Waals surface area contributed by atoms with Crippen LogP contribution >= 0.6 is 0 Å². The van der Waals surface area contributed by atoms with E-state index in [0.717, 1.165) is 4.90 Å². The number of rotatable bonds is 7. The first-order valence-corrected chi connectivity index (χ1v) is 9.95. The molecule has 31 heavy (non-hydrogen) atoms. The van der Waals surface area contributed by atoms with Crippen LogP contribution < -0.4 is 10.6 Å². The number of hydrogen-bond donors (Lipinski definition) is 2. The molecule has 1 aromatic rings. The van der Waals surface area contributed by atoms with Crippen LogP contribution in [0.15, 0.2) is 36.0 Å². The van der Waals surface area contributed by atoms with Gasteiger partial charge in [0.2, 0.25) is 11.8 Å². The standard InChI is InChI=1S/C21H27N5O5/c1-13(27)22-14-7-5-8-15(11-14)23-18(28)17-12-16-19(26(17)9-6-10-31-4)24(2)21(30)25(3)20(16)29/h5,7-8,11-12,16,19H,6,9-10H2,1-4H3,(H,22,27)(H,23,28). The minimum absolute atomic E-state index is 0.217. The summed E-state index contributed by atoms with van der Waals surface area (Å²) >= 11 is 0.